The molecule has 11 heavy (non-hydrogen) atoms. The standard InChI is InChI=1S/C7H13N3O/c8-7(11)10-4-5-1-2-6(10)3-9-5/h5-6,9H,1-4H2,(H2,8,11). The number of carbonyl (C=O) groups excluding carboxylic acids is 1. The van der Waals surface area contributed by atoms with Gasteiger partial charge in [0.05, 0.1) is 0 Å². The van der Waals surface area contributed by atoms with Gasteiger partial charge in [-0.05, 0) is 12.8 Å². The number of amides is 2. The molecule has 3 aliphatic heterocycles. The van der Waals surface area contributed by atoms with Gasteiger partial charge in [0.25, 0.3) is 0 Å². The number of piperazine rings is 1. The summed E-state index contributed by atoms with van der Waals surface area (Å²) in [5.41, 5.74) is 5.21. The molecule has 2 atom stereocenters. The second kappa shape index (κ2) is 2.37. The number of rotatable bonds is 0. The summed E-state index contributed by atoms with van der Waals surface area (Å²) < 4.78 is 0. The summed E-state index contributed by atoms with van der Waals surface area (Å²) in [6.07, 6.45) is 2.30. The van der Waals surface area contributed by atoms with Crippen molar-refractivity contribution < 1.29 is 4.79 Å². The highest BCUT2D eigenvalue weighted by atomic mass is 16.2. The van der Waals surface area contributed by atoms with E-state index in [1.54, 1.807) is 4.90 Å². The largest absolute Gasteiger partial charge is 0.351 e. The molecule has 3 heterocycles. The monoisotopic (exact) mass is 155 g/mol. The molecule has 0 saturated carbocycles. The minimum Gasteiger partial charge on any atom is -0.351 e. The fourth-order valence-electron chi connectivity index (χ4n) is 1.98. The van der Waals surface area contributed by atoms with Crippen LogP contribution in [0.3, 0.4) is 0 Å². The fourth-order valence-corrected chi connectivity index (χ4v) is 1.98. The number of nitrogens with two attached hydrogens (primary N) is 1. The Morgan fingerprint density at radius 3 is 2.64 bits per heavy atom. The summed E-state index contributed by atoms with van der Waals surface area (Å²) >= 11 is 0. The Labute approximate surface area is 65.7 Å². The Morgan fingerprint density at radius 2 is 2.36 bits per heavy atom. The van der Waals surface area contributed by atoms with E-state index in [4.69, 9.17) is 5.73 Å². The van der Waals surface area contributed by atoms with Crippen LogP contribution in [0.1, 0.15) is 12.8 Å². The maximum atomic E-state index is 10.9. The van der Waals surface area contributed by atoms with E-state index in [9.17, 15) is 4.79 Å². The van der Waals surface area contributed by atoms with Crippen molar-refractivity contribution in [3.63, 3.8) is 0 Å². The van der Waals surface area contributed by atoms with Crippen molar-refractivity contribution >= 4 is 6.03 Å². The van der Waals surface area contributed by atoms with E-state index in [1.165, 1.54) is 6.42 Å². The normalized spacial score (nSPS) is 35.8. The summed E-state index contributed by atoms with van der Waals surface area (Å²) in [7, 11) is 0. The van der Waals surface area contributed by atoms with Gasteiger partial charge in [-0.15, -0.1) is 0 Å². The first-order valence-electron chi connectivity index (χ1n) is 4.07. The quantitative estimate of drug-likeness (QED) is 0.495. The Bertz CT molecular complexity index is 175. The van der Waals surface area contributed by atoms with E-state index in [-0.39, 0.29) is 6.03 Å². The Balaban J connectivity index is 2.08. The van der Waals surface area contributed by atoms with E-state index < -0.39 is 0 Å². The summed E-state index contributed by atoms with van der Waals surface area (Å²) in [6.45, 7) is 1.73. The molecule has 0 spiro atoms. The first-order valence-corrected chi connectivity index (χ1v) is 4.07. The average molecular weight is 155 g/mol. The lowest BCUT2D eigenvalue weighted by atomic mass is 9.93. The van der Waals surface area contributed by atoms with Crippen LogP contribution in [0, 0.1) is 0 Å². The van der Waals surface area contributed by atoms with E-state index in [1.807, 2.05) is 0 Å². The molecule has 0 radical (unpaired) electrons. The second-order valence-corrected chi connectivity index (χ2v) is 3.33. The van der Waals surface area contributed by atoms with Crippen molar-refractivity contribution in [1.82, 2.24) is 10.2 Å². The first kappa shape index (κ1) is 6.91. The summed E-state index contributed by atoms with van der Waals surface area (Å²) in [6, 6.07) is 0.589. The number of nitrogens with zero attached hydrogens (tertiary/aromatic N) is 1. The first-order chi connectivity index (χ1) is 5.27. The van der Waals surface area contributed by atoms with Gasteiger partial charge in [0.15, 0.2) is 0 Å². The Morgan fingerprint density at radius 1 is 1.55 bits per heavy atom. The lowest BCUT2D eigenvalue weighted by Crippen LogP contribution is -2.63. The molecule has 62 valence electrons. The predicted molar refractivity (Wildman–Crippen MR) is 41.1 cm³/mol. The van der Waals surface area contributed by atoms with Crippen molar-refractivity contribution in [2.45, 2.75) is 24.9 Å². The third kappa shape index (κ3) is 1.07. The van der Waals surface area contributed by atoms with Gasteiger partial charge in [-0.1, -0.05) is 0 Å². The summed E-state index contributed by atoms with van der Waals surface area (Å²) in [5, 5.41) is 3.35. The predicted octanol–water partition coefficient (Wildman–Crippen LogP) is -0.499. The average Bonchev–Trinajstić information content (AvgIpc) is 2.06. The summed E-state index contributed by atoms with van der Waals surface area (Å²) in [4.78, 5) is 12.6. The van der Waals surface area contributed by atoms with Gasteiger partial charge in [0, 0.05) is 25.2 Å². The van der Waals surface area contributed by atoms with Gasteiger partial charge in [-0.2, -0.15) is 0 Å². The van der Waals surface area contributed by atoms with Gasteiger partial charge in [0.2, 0.25) is 0 Å². The van der Waals surface area contributed by atoms with Crippen LogP contribution < -0.4 is 11.1 Å². The van der Waals surface area contributed by atoms with E-state index in [2.05, 4.69) is 5.32 Å². The number of primary amides is 1. The third-order valence-corrected chi connectivity index (χ3v) is 2.63. The van der Waals surface area contributed by atoms with Crippen molar-refractivity contribution in [2.75, 3.05) is 13.1 Å². The number of urea groups is 1. The molecule has 3 saturated heterocycles. The fraction of sp³-hybridized carbons (Fsp3) is 0.857. The number of hydrogen-bond acceptors (Lipinski definition) is 2. The van der Waals surface area contributed by atoms with Gasteiger partial charge in [0.1, 0.15) is 0 Å². The molecule has 0 aromatic carbocycles. The molecular formula is C7H13N3O. The number of hydrogen-bond donors (Lipinski definition) is 2. The van der Waals surface area contributed by atoms with Crippen LogP contribution in [-0.2, 0) is 0 Å². The molecule has 0 aromatic rings. The van der Waals surface area contributed by atoms with Crippen molar-refractivity contribution in [1.29, 1.82) is 0 Å². The number of carbonyl (C=O) groups is 1. The molecule has 4 heteroatoms. The zero-order valence-electron chi connectivity index (χ0n) is 6.42. The van der Waals surface area contributed by atoms with Crippen LogP contribution in [0.4, 0.5) is 4.79 Å². The number of fused-ring (bicyclic) bond motifs is 3. The number of piperidine rings is 2. The molecule has 0 aliphatic carbocycles. The van der Waals surface area contributed by atoms with Gasteiger partial charge >= 0.3 is 6.03 Å². The lowest BCUT2D eigenvalue weighted by molar-refractivity contribution is 0.103. The molecule has 4 nitrogen and oxygen atoms in total. The summed E-state index contributed by atoms with van der Waals surface area (Å²) in [5.74, 6) is 0. The molecular weight excluding hydrogens is 142 g/mol. The topological polar surface area (TPSA) is 58.4 Å². The van der Waals surface area contributed by atoms with Crippen molar-refractivity contribution in [2.24, 2.45) is 5.73 Å². The molecule has 3 fully saturated rings. The highest BCUT2D eigenvalue weighted by molar-refractivity contribution is 5.72. The van der Waals surface area contributed by atoms with Gasteiger partial charge < -0.3 is 16.0 Å². The molecule has 2 amide bonds. The minimum absolute atomic E-state index is 0.263. The van der Waals surface area contributed by atoms with Crippen LogP contribution in [0.2, 0.25) is 0 Å². The van der Waals surface area contributed by atoms with Crippen molar-refractivity contribution in [3.8, 4) is 0 Å². The smallest absolute Gasteiger partial charge is 0.315 e. The highest BCUT2D eigenvalue weighted by Crippen LogP contribution is 2.21. The third-order valence-electron chi connectivity index (χ3n) is 2.63. The van der Waals surface area contributed by atoms with Crippen LogP contribution in [-0.4, -0.2) is 36.1 Å². The highest BCUT2D eigenvalue weighted by Gasteiger charge is 2.34. The minimum atomic E-state index is -0.263. The van der Waals surface area contributed by atoms with Gasteiger partial charge in [-0.3, -0.25) is 0 Å². The van der Waals surface area contributed by atoms with Crippen LogP contribution >= 0.6 is 0 Å². The van der Waals surface area contributed by atoms with Crippen LogP contribution in [0.15, 0.2) is 0 Å². The second-order valence-electron chi connectivity index (χ2n) is 3.33. The Kier molecular flexibility index (Phi) is 1.49. The zero-order chi connectivity index (χ0) is 7.84. The van der Waals surface area contributed by atoms with E-state index in [0.717, 1.165) is 19.5 Å². The van der Waals surface area contributed by atoms with E-state index in [0.29, 0.717) is 12.1 Å². The lowest BCUT2D eigenvalue weighted by Gasteiger charge is -2.45. The zero-order valence-corrected chi connectivity index (χ0v) is 6.42. The maximum absolute atomic E-state index is 10.9. The Hall–Kier alpha value is -0.770. The molecule has 0 aromatic heterocycles. The molecule has 3 rings (SSSR count). The molecule has 3 N–H and O–H groups in total. The van der Waals surface area contributed by atoms with Gasteiger partial charge in [-0.25, -0.2) is 4.79 Å². The SMILES string of the molecule is NC(=O)N1CC2CCC1CN2. The number of nitrogens with one attached hydrogen (secondary N) is 1. The van der Waals surface area contributed by atoms with Crippen molar-refractivity contribution in [3.05, 3.63) is 0 Å². The molecule has 3 aliphatic rings. The van der Waals surface area contributed by atoms with Crippen LogP contribution in [0.25, 0.3) is 0 Å². The maximum Gasteiger partial charge on any atom is 0.315 e. The van der Waals surface area contributed by atoms with E-state index >= 15 is 0 Å². The molecule has 2 unspecified atom stereocenters. The molecule has 2 bridgehead atoms. The van der Waals surface area contributed by atoms with Crippen LogP contribution in [0.5, 0.6) is 0 Å².